The fourth-order valence-corrected chi connectivity index (χ4v) is 3.93. The summed E-state index contributed by atoms with van der Waals surface area (Å²) in [6, 6.07) is 15.0. The van der Waals surface area contributed by atoms with Crippen LogP contribution in [0.5, 0.6) is 28.7 Å². The number of hydrogen-bond acceptors (Lipinski definition) is 7. The van der Waals surface area contributed by atoms with E-state index in [2.05, 4.69) is 0 Å². The lowest BCUT2D eigenvalue weighted by Crippen LogP contribution is -2.16. The molecule has 0 unspecified atom stereocenters. The molecule has 40 heavy (non-hydrogen) atoms. The number of carbonyl (C=O) groups is 1. The Morgan fingerprint density at radius 1 is 0.925 bits per heavy atom. The first-order chi connectivity index (χ1) is 19.0. The summed E-state index contributed by atoms with van der Waals surface area (Å²) in [5.74, 6) is -2.49. The molecule has 0 aliphatic heterocycles. The SMILES string of the molecule is COc1ccc(C=CC(=O)Oc2ccc3c(=O)c(Oc4ccccc4C(C)C)c(C(F)(F)F)oc3c2)cc1OC. The Morgan fingerprint density at radius 2 is 1.65 bits per heavy atom. The molecule has 0 aliphatic carbocycles. The van der Waals surface area contributed by atoms with Crippen LogP contribution in [0.25, 0.3) is 17.0 Å². The van der Waals surface area contributed by atoms with Gasteiger partial charge in [0, 0.05) is 12.1 Å². The number of para-hydroxylation sites is 1. The zero-order valence-electron chi connectivity index (χ0n) is 22.0. The lowest BCUT2D eigenvalue weighted by atomic mass is 10.0. The van der Waals surface area contributed by atoms with Gasteiger partial charge >= 0.3 is 12.1 Å². The minimum absolute atomic E-state index is 0.0731. The van der Waals surface area contributed by atoms with E-state index in [9.17, 15) is 22.8 Å². The molecule has 10 heteroatoms. The van der Waals surface area contributed by atoms with Gasteiger partial charge in [-0.1, -0.05) is 38.1 Å². The number of methoxy groups -OCH3 is 2. The monoisotopic (exact) mass is 554 g/mol. The first-order valence-corrected chi connectivity index (χ1v) is 12.1. The van der Waals surface area contributed by atoms with E-state index in [1.54, 1.807) is 36.4 Å². The second-order valence-corrected chi connectivity index (χ2v) is 8.91. The van der Waals surface area contributed by atoms with Crippen LogP contribution in [0, 0.1) is 0 Å². The third-order valence-corrected chi connectivity index (χ3v) is 5.87. The number of alkyl halides is 3. The normalized spacial score (nSPS) is 11.7. The number of benzene rings is 3. The lowest BCUT2D eigenvalue weighted by Gasteiger charge is -2.16. The molecule has 7 nitrogen and oxygen atoms in total. The Kier molecular flexibility index (Phi) is 8.18. The highest BCUT2D eigenvalue weighted by Gasteiger charge is 2.40. The molecule has 0 amide bonds. The van der Waals surface area contributed by atoms with Crippen molar-refractivity contribution in [3.63, 3.8) is 0 Å². The summed E-state index contributed by atoms with van der Waals surface area (Å²) >= 11 is 0. The summed E-state index contributed by atoms with van der Waals surface area (Å²) in [5, 5.41) is -0.175. The van der Waals surface area contributed by atoms with Gasteiger partial charge in [0.05, 0.1) is 19.6 Å². The summed E-state index contributed by atoms with van der Waals surface area (Å²) < 4.78 is 68.2. The molecule has 0 N–H and O–H groups in total. The van der Waals surface area contributed by atoms with Gasteiger partial charge in [-0.15, -0.1) is 0 Å². The molecular formula is C30H25F3O7. The molecule has 0 saturated carbocycles. The van der Waals surface area contributed by atoms with Crippen molar-refractivity contribution in [3.8, 4) is 28.7 Å². The first-order valence-electron chi connectivity index (χ1n) is 12.1. The van der Waals surface area contributed by atoms with E-state index in [4.69, 9.17) is 23.4 Å². The number of ether oxygens (including phenoxy) is 4. The van der Waals surface area contributed by atoms with Crippen molar-refractivity contribution in [2.45, 2.75) is 25.9 Å². The van der Waals surface area contributed by atoms with Crippen LogP contribution in [0.4, 0.5) is 13.2 Å². The molecular weight excluding hydrogens is 529 g/mol. The summed E-state index contributed by atoms with van der Waals surface area (Å²) in [6.07, 6.45) is -2.44. The standard InChI is InChI=1S/C30H25F3O7/c1-17(2)20-7-5-6-8-22(20)39-28-27(35)21-12-11-19(16-24(21)40-29(28)30(31,32)33)38-26(34)14-10-18-9-13-23(36-3)25(15-18)37-4/h5-17H,1-4H3. The Bertz CT molecular complexity index is 1640. The van der Waals surface area contributed by atoms with Gasteiger partial charge in [-0.25, -0.2) is 4.79 Å². The van der Waals surface area contributed by atoms with Crippen molar-refractivity contribution < 1.29 is 41.3 Å². The van der Waals surface area contributed by atoms with E-state index in [1.165, 1.54) is 38.5 Å². The molecule has 0 spiro atoms. The molecule has 0 atom stereocenters. The molecule has 3 aromatic carbocycles. The fourth-order valence-electron chi connectivity index (χ4n) is 3.93. The average Bonchev–Trinajstić information content (AvgIpc) is 2.92. The van der Waals surface area contributed by atoms with E-state index >= 15 is 0 Å². The van der Waals surface area contributed by atoms with Crippen molar-refractivity contribution in [2.75, 3.05) is 14.2 Å². The largest absolute Gasteiger partial charge is 0.493 e. The number of fused-ring (bicyclic) bond motifs is 1. The molecule has 0 bridgehead atoms. The third kappa shape index (κ3) is 6.12. The molecule has 1 aromatic heterocycles. The number of rotatable bonds is 8. The first kappa shape index (κ1) is 28.3. The zero-order valence-corrected chi connectivity index (χ0v) is 22.0. The van der Waals surface area contributed by atoms with Gasteiger partial charge in [-0.3, -0.25) is 4.79 Å². The Hall–Kier alpha value is -4.73. The topological polar surface area (TPSA) is 84.2 Å². The summed E-state index contributed by atoms with van der Waals surface area (Å²) in [4.78, 5) is 25.5. The number of halogens is 3. The molecule has 0 fully saturated rings. The fraction of sp³-hybridized carbons (Fsp3) is 0.200. The lowest BCUT2D eigenvalue weighted by molar-refractivity contribution is -0.154. The molecule has 0 saturated heterocycles. The van der Waals surface area contributed by atoms with Gasteiger partial charge in [0.15, 0.2) is 11.5 Å². The summed E-state index contributed by atoms with van der Waals surface area (Å²) in [5.41, 5.74) is -0.201. The third-order valence-electron chi connectivity index (χ3n) is 5.87. The van der Waals surface area contributed by atoms with Gasteiger partial charge in [0.25, 0.3) is 5.76 Å². The van der Waals surface area contributed by atoms with Gasteiger partial charge < -0.3 is 23.4 Å². The van der Waals surface area contributed by atoms with Crippen LogP contribution in [0.3, 0.4) is 0 Å². The van der Waals surface area contributed by atoms with Crippen LogP contribution in [0.15, 0.2) is 76.0 Å². The van der Waals surface area contributed by atoms with Gasteiger partial charge in [0.1, 0.15) is 17.1 Å². The van der Waals surface area contributed by atoms with Gasteiger partial charge in [-0.2, -0.15) is 13.2 Å². The average molecular weight is 555 g/mol. The van der Waals surface area contributed by atoms with Crippen molar-refractivity contribution in [2.24, 2.45) is 0 Å². The van der Waals surface area contributed by atoms with Crippen molar-refractivity contribution in [3.05, 3.63) is 93.9 Å². The molecule has 4 rings (SSSR count). The van der Waals surface area contributed by atoms with Crippen LogP contribution in [-0.2, 0) is 11.0 Å². The molecule has 0 aliphatic rings. The van der Waals surface area contributed by atoms with Crippen LogP contribution >= 0.6 is 0 Å². The van der Waals surface area contributed by atoms with Crippen molar-refractivity contribution >= 4 is 23.0 Å². The highest BCUT2D eigenvalue weighted by molar-refractivity contribution is 5.89. The van der Waals surface area contributed by atoms with E-state index < -0.39 is 34.7 Å². The van der Waals surface area contributed by atoms with Crippen molar-refractivity contribution in [1.82, 2.24) is 0 Å². The quantitative estimate of drug-likeness (QED) is 0.128. The van der Waals surface area contributed by atoms with Gasteiger partial charge in [-0.05, 0) is 53.5 Å². The number of carbonyl (C=O) groups excluding carboxylic acids is 1. The predicted octanol–water partition coefficient (Wildman–Crippen LogP) is 7.36. The van der Waals surface area contributed by atoms with Crippen molar-refractivity contribution in [1.29, 1.82) is 0 Å². The second kappa shape index (κ2) is 11.6. The van der Waals surface area contributed by atoms with Crippen LogP contribution in [0.2, 0.25) is 0 Å². The second-order valence-electron chi connectivity index (χ2n) is 8.91. The maximum atomic E-state index is 14.0. The van der Waals surface area contributed by atoms with Crippen LogP contribution in [0.1, 0.15) is 36.7 Å². The Balaban J connectivity index is 1.65. The predicted molar refractivity (Wildman–Crippen MR) is 142 cm³/mol. The minimum atomic E-state index is -5.04. The van der Waals surface area contributed by atoms with Crippen LogP contribution < -0.4 is 24.4 Å². The maximum Gasteiger partial charge on any atom is 0.453 e. The van der Waals surface area contributed by atoms with E-state index in [0.717, 1.165) is 12.1 Å². The highest BCUT2D eigenvalue weighted by Crippen LogP contribution is 2.40. The Labute approximate surface area is 227 Å². The molecule has 0 radical (unpaired) electrons. The maximum absolute atomic E-state index is 14.0. The molecule has 208 valence electrons. The van der Waals surface area contributed by atoms with E-state index in [0.29, 0.717) is 22.6 Å². The van der Waals surface area contributed by atoms with E-state index in [1.807, 2.05) is 13.8 Å². The van der Waals surface area contributed by atoms with Crippen LogP contribution in [-0.4, -0.2) is 20.2 Å². The highest BCUT2D eigenvalue weighted by atomic mass is 19.4. The summed E-state index contributed by atoms with van der Waals surface area (Å²) in [6.45, 7) is 3.70. The van der Waals surface area contributed by atoms with Gasteiger partial charge in [0.2, 0.25) is 11.2 Å². The smallest absolute Gasteiger partial charge is 0.453 e. The zero-order chi connectivity index (χ0) is 29.0. The number of hydrogen-bond donors (Lipinski definition) is 0. The minimum Gasteiger partial charge on any atom is -0.493 e. The molecule has 1 heterocycles. The number of esters is 1. The summed E-state index contributed by atoms with van der Waals surface area (Å²) in [7, 11) is 2.97. The Morgan fingerprint density at radius 3 is 2.33 bits per heavy atom. The van der Waals surface area contributed by atoms with E-state index in [-0.39, 0.29) is 22.8 Å². The molecule has 4 aromatic rings.